The summed E-state index contributed by atoms with van der Waals surface area (Å²) in [5.41, 5.74) is 1.12. The highest BCUT2D eigenvalue weighted by Gasteiger charge is 2.29. The van der Waals surface area contributed by atoms with E-state index in [0.29, 0.717) is 17.5 Å². The molecule has 1 fully saturated rings. The zero-order valence-corrected chi connectivity index (χ0v) is 11.4. The third-order valence-electron chi connectivity index (χ3n) is 3.02. The highest BCUT2D eigenvalue weighted by molar-refractivity contribution is 7.89. The highest BCUT2D eigenvalue weighted by atomic mass is 32.2. The van der Waals surface area contributed by atoms with Crippen molar-refractivity contribution in [2.45, 2.75) is 44.0 Å². The molecule has 0 aromatic heterocycles. The maximum absolute atomic E-state index is 12.1. The van der Waals surface area contributed by atoms with E-state index in [-0.39, 0.29) is 16.7 Å². The molecule has 98 valence electrons. The Morgan fingerprint density at radius 2 is 2.06 bits per heavy atom. The van der Waals surface area contributed by atoms with Crippen LogP contribution >= 0.6 is 0 Å². The number of sulfonamides is 1. The van der Waals surface area contributed by atoms with Gasteiger partial charge in [-0.3, -0.25) is 4.79 Å². The van der Waals surface area contributed by atoms with Crippen molar-refractivity contribution in [3.05, 3.63) is 29.3 Å². The summed E-state index contributed by atoms with van der Waals surface area (Å²) in [6, 6.07) is 4.91. The minimum absolute atomic E-state index is 0.0436. The first-order valence-corrected chi connectivity index (χ1v) is 7.58. The molecule has 2 rings (SSSR count). The molecule has 0 spiro atoms. The second-order valence-corrected chi connectivity index (χ2v) is 6.33. The molecule has 1 aliphatic rings. The molecule has 1 aliphatic carbocycles. The number of benzene rings is 1. The average Bonchev–Trinajstić information content (AvgIpc) is 3.11. The van der Waals surface area contributed by atoms with E-state index in [1.165, 1.54) is 6.07 Å². The lowest BCUT2D eigenvalue weighted by Gasteiger charge is -2.10. The van der Waals surface area contributed by atoms with Gasteiger partial charge in [0.05, 0.1) is 4.90 Å². The quantitative estimate of drug-likeness (QED) is 0.830. The van der Waals surface area contributed by atoms with Crippen LogP contribution < -0.4 is 4.72 Å². The lowest BCUT2D eigenvalue weighted by Crippen LogP contribution is -2.26. The number of nitrogens with one attached hydrogen (secondary N) is 1. The maximum Gasteiger partial charge on any atom is 0.241 e. The molecule has 1 aromatic carbocycles. The molecular formula is C13H17NO3S. The van der Waals surface area contributed by atoms with Gasteiger partial charge in [-0.05, 0) is 31.4 Å². The second-order valence-electron chi connectivity index (χ2n) is 4.65. The molecule has 18 heavy (non-hydrogen) atoms. The molecule has 5 heteroatoms. The molecule has 1 aromatic rings. The van der Waals surface area contributed by atoms with Crippen molar-refractivity contribution in [1.29, 1.82) is 0 Å². The number of ketones is 1. The van der Waals surface area contributed by atoms with Gasteiger partial charge >= 0.3 is 0 Å². The van der Waals surface area contributed by atoms with E-state index < -0.39 is 10.0 Å². The fraction of sp³-hybridized carbons (Fsp3) is 0.462. The largest absolute Gasteiger partial charge is 0.294 e. The topological polar surface area (TPSA) is 63.2 Å². The van der Waals surface area contributed by atoms with Crippen LogP contribution in [0.25, 0.3) is 0 Å². The van der Waals surface area contributed by atoms with Crippen molar-refractivity contribution in [3.8, 4) is 0 Å². The summed E-state index contributed by atoms with van der Waals surface area (Å²) in [4.78, 5) is 11.8. The van der Waals surface area contributed by atoms with E-state index in [1.54, 1.807) is 26.0 Å². The Morgan fingerprint density at radius 1 is 1.39 bits per heavy atom. The lowest BCUT2D eigenvalue weighted by molar-refractivity contribution is 0.0988. The highest BCUT2D eigenvalue weighted by Crippen LogP contribution is 2.24. The van der Waals surface area contributed by atoms with Crippen LogP contribution in [-0.4, -0.2) is 20.2 Å². The van der Waals surface area contributed by atoms with E-state index in [2.05, 4.69) is 4.72 Å². The normalized spacial score (nSPS) is 15.7. The smallest absolute Gasteiger partial charge is 0.241 e. The molecule has 0 bridgehead atoms. The standard InChI is InChI=1S/C13H17NO3S/c1-3-12(15)10-5-4-9(2)13(8-10)18(16,17)14-11-6-7-11/h4-5,8,11,14H,3,6-7H2,1-2H3. The molecule has 0 saturated heterocycles. The fourth-order valence-electron chi connectivity index (χ4n) is 1.75. The summed E-state index contributed by atoms with van der Waals surface area (Å²) < 4.78 is 26.9. The minimum Gasteiger partial charge on any atom is -0.294 e. The zero-order chi connectivity index (χ0) is 13.3. The van der Waals surface area contributed by atoms with Crippen molar-refractivity contribution < 1.29 is 13.2 Å². The first kappa shape index (κ1) is 13.2. The van der Waals surface area contributed by atoms with E-state index >= 15 is 0 Å². The van der Waals surface area contributed by atoms with Gasteiger partial charge in [-0.15, -0.1) is 0 Å². The van der Waals surface area contributed by atoms with Gasteiger partial charge in [0.15, 0.2) is 5.78 Å². The molecule has 0 aliphatic heterocycles. The van der Waals surface area contributed by atoms with Gasteiger partial charge in [-0.1, -0.05) is 19.1 Å². The van der Waals surface area contributed by atoms with Crippen molar-refractivity contribution in [2.24, 2.45) is 0 Å². The van der Waals surface area contributed by atoms with Gasteiger partial charge in [0.2, 0.25) is 10.0 Å². The monoisotopic (exact) mass is 267 g/mol. The van der Waals surface area contributed by atoms with Crippen LogP contribution in [0.2, 0.25) is 0 Å². The summed E-state index contributed by atoms with van der Waals surface area (Å²) in [7, 11) is -3.49. The van der Waals surface area contributed by atoms with Crippen LogP contribution in [-0.2, 0) is 10.0 Å². The predicted octanol–water partition coefficient (Wildman–Crippen LogP) is 2.03. The van der Waals surface area contributed by atoms with Gasteiger partial charge in [-0.25, -0.2) is 13.1 Å². The van der Waals surface area contributed by atoms with Gasteiger partial charge in [0, 0.05) is 18.0 Å². The van der Waals surface area contributed by atoms with Crippen LogP contribution in [0, 0.1) is 6.92 Å². The number of hydrogen-bond donors (Lipinski definition) is 1. The van der Waals surface area contributed by atoms with Crippen molar-refractivity contribution in [3.63, 3.8) is 0 Å². The second kappa shape index (κ2) is 4.82. The molecule has 1 saturated carbocycles. The maximum atomic E-state index is 12.1. The Kier molecular flexibility index (Phi) is 3.54. The van der Waals surface area contributed by atoms with Crippen LogP contribution in [0.15, 0.2) is 23.1 Å². The molecule has 4 nitrogen and oxygen atoms in total. The van der Waals surface area contributed by atoms with Crippen LogP contribution in [0.4, 0.5) is 0 Å². The first-order valence-electron chi connectivity index (χ1n) is 6.10. The van der Waals surface area contributed by atoms with Crippen LogP contribution in [0.5, 0.6) is 0 Å². The molecule has 0 heterocycles. The van der Waals surface area contributed by atoms with E-state index in [9.17, 15) is 13.2 Å². The Bertz CT molecular complexity index is 574. The van der Waals surface area contributed by atoms with E-state index in [1.807, 2.05) is 0 Å². The third kappa shape index (κ3) is 2.79. The Morgan fingerprint density at radius 3 is 2.61 bits per heavy atom. The molecular weight excluding hydrogens is 250 g/mol. The number of carbonyl (C=O) groups excluding carboxylic acids is 1. The van der Waals surface area contributed by atoms with Crippen molar-refractivity contribution in [1.82, 2.24) is 4.72 Å². The van der Waals surface area contributed by atoms with Crippen molar-refractivity contribution >= 4 is 15.8 Å². The number of carbonyl (C=O) groups is 1. The van der Waals surface area contributed by atoms with Gasteiger partial charge in [0.25, 0.3) is 0 Å². The molecule has 1 N–H and O–H groups in total. The number of aryl methyl sites for hydroxylation is 1. The summed E-state index contributed by atoms with van der Waals surface area (Å²) >= 11 is 0. The third-order valence-corrected chi connectivity index (χ3v) is 4.68. The predicted molar refractivity (Wildman–Crippen MR) is 69.1 cm³/mol. The minimum atomic E-state index is -3.49. The number of Topliss-reactive ketones (excluding diaryl/α,β-unsaturated/α-hetero) is 1. The Balaban J connectivity index is 2.39. The van der Waals surface area contributed by atoms with Crippen molar-refractivity contribution in [2.75, 3.05) is 0 Å². The van der Waals surface area contributed by atoms with E-state index in [0.717, 1.165) is 12.8 Å². The molecule has 0 atom stereocenters. The average molecular weight is 267 g/mol. The van der Waals surface area contributed by atoms with Gasteiger partial charge < -0.3 is 0 Å². The first-order chi connectivity index (χ1) is 8.44. The lowest BCUT2D eigenvalue weighted by atomic mass is 10.1. The molecule has 0 amide bonds. The molecule has 0 radical (unpaired) electrons. The summed E-state index contributed by atoms with van der Waals surface area (Å²) in [6.07, 6.45) is 2.16. The van der Waals surface area contributed by atoms with Crippen LogP contribution in [0.1, 0.15) is 42.1 Å². The number of rotatable bonds is 5. The summed E-state index contributed by atoms with van der Waals surface area (Å²) in [5, 5.41) is 0. The zero-order valence-electron chi connectivity index (χ0n) is 10.6. The van der Waals surface area contributed by atoms with Crippen LogP contribution in [0.3, 0.4) is 0 Å². The van der Waals surface area contributed by atoms with E-state index in [4.69, 9.17) is 0 Å². The Labute approximate surface area is 107 Å². The summed E-state index contributed by atoms with van der Waals surface area (Å²) in [5.74, 6) is -0.0436. The SMILES string of the molecule is CCC(=O)c1ccc(C)c(S(=O)(=O)NC2CC2)c1. The Hall–Kier alpha value is -1.20. The number of hydrogen-bond acceptors (Lipinski definition) is 3. The fourth-order valence-corrected chi connectivity index (χ4v) is 3.33. The van der Waals surface area contributed by atoms with Gasteiger partial charge in [-0.2, -0.15) is 0 Å². The molecule has 0 unspecified atom stereocenters. The van der Waals surface area contributed by atoms with Gasteiger partial charge in [0.1, 0.15) is 0 Å². The summed E-state index contributed by atoms with van der Waals surface area (Å²) in [6.45, 7) is 3.50.